The van der Waals surface area contributed by atoms with E-state index in [0.717, 1.165) is 0 Å². The molecule has 0 fully saturated rings. The summed E-state index contributed by atoms with van der Waals surface area (Å²) in [5.74, 6) is -1.58. The largest absolute Gasteiger partial charge is 0.392 e. The minimum Gasteiger partial charge on any atom is -0.392 e. The van der Waals surface area contributed by atoms with Crippen LogP contribution in [0.4, 0.5) is 0 Å². The first kappa shape index (κ1) is 39.1. The molecule has 236 valence electrons. The van der Waals surface area contributed by atoms with E-state index in [2.05, 4.69) is 0 Å². The average molecular weight is 607 g/mol. The van der Waals surface area contributed by atoms with Crippen LogP contribution in [0.2, 0.25) is 0 Å². The Kier molecular flexibility index (Phi) is 20.1. The number of hydrogen-bond donors (Lipinski definition) is 4. The minimum atomic E-state index is -3.71. The van der Waals surface area contributed by atoms with Crippen LogP contribution in [0.25, 0.3) is 0 Å². The second-order valence-electron chi connectivity index (χ2n) is 9.95. The van der Waals surface area contributed by atoms with Crippen LogP contribution in [0.5, 0.6) is 0 Å². The lowest BCUT2D eigenvalue weighted by atomic mass is 10.2. The summed E-state index contributed by atoms with van der Waals surface area (Å²) in [5.41, 5.74) is 0. The van der Waals surface area contributed by atoms with Crippen LogP contribution in [0, 0.1) is 0 Å². The summed E-state index contributed by atoms with van der Waals surface area (Å²) in [4.78, 5) is 3.45. The Bertz CT molecular complexity index is 629. The second-order valence-corrected chi connectivity index (χ2v) is 14.3. The van der Waals surface area contributed by atoms with Crippen molar-refractivity contribution in [1.29, 1.82) is 0 Å². The van der Waals surface area contributed by atoms with Crippen LogP contribution in [-0.4, -0.2) is 119 Å². The Morgan fingerprint density at radius 1 is 0.538 bits per heavy atom. The lowest BCUT2D eigenvalue weighted by molar-refractivity contribution is 0.0557. The van der Waals surface area contributed by atoms with E-state index >= 15 is 0 Å². The summed E-state index contributed by atoms with van der Waals surface area (Å²) < 4.78 is 50.7. The maximum Gasteiger partial charge on any atom is 0.347 e. The van der Waals surface area contributed by atoms with Gasteiger partial charge in [-0.1, -0.05) is 0 Å². The molecule has 6 atom stereocenters. The van der Waals surface area contributed by atoms with E-state index in [0.29, 0.717) is 6.42 Å². The Labute approximate surface area is 236 Å². The number of nitrogens with zero attached hydrogens (tertiary/aromatic N) is 2. The van der Waals surface area contributed by atoms with Gasteiger partial charge in [0.25, 0.3) is 0 Å². The van der Waals surface area contributed by atoms with Crippen LogP contribution in [-0.2, 0) is 27.2 Å². The van der Waals surface area contributed by atoms with Gasteiger partial charge >= 0.3 is 15.2 Å². The molecular weight excluding hydrogens is 550 g/mol. The van der Waals surface area contributed by atoms with Crippen LogP contribution in [0.1, 0.15) is 74.7 Å². The van der Waals surface area contributed by atoms with E-state index < -0.39 is 51.2 Å². The molecule has 39 heavy (non-hydrogen) atoms. The number of hydrogen-bond acceptors (Lipinski definition) is 12. The molecule has 0 bridgehead atoms. The van der Waals surface area contributed by atoms with Gasteiger partial charge in [-0.15, -0.1) is 0 Å². The number of aliphatic hydroxyl groups excluding tert-OH is 4. The van der Waals surface area contributed by atoms with E-state index in [1.165, 1.54) is 0 Å². The smallest absolute Gasteiger partial charge is 0.347 e. The SMILES string of the molecule is CCOP(=O)(OCC)C(CCCC(N(CC(C)O)CC(C)O)P(=O)(OCC)OCC)N(CC(C)O)CC(C)O. The van der Waals surface area contributed by atoms with Gasteiger partial charge in [0.2, 0.25) is 0 Å². The highest BCUT2D eigenvalue weighted by Crippen LogP contribution is 2.58. The molecule has 0 aliphatic carbocycles. The van der Waals surface area contributed by atoms with Crippen LogP contribution in [0.15, 0.2) is 0 Å². The zero-order chi connectivity index (χ0) is 30.2. The summed E-state index contributed by atoms with van der Waals surface area (Å²) in [5, 5.41) is 40.7. The Balaban J connectivity index is 6.42. The Hall–Kier alpha value is 0.0600. The highest BCUT2D eigenvalue weighted by Gasteiger charge is 2.43. The lowest BCUT2D eigenvalue weighted by Crippen LogP contribution is -2.45. The van der Waals surface area contributed by atoms with Gasteiger partial charge in [-0.2, -0.15) is 0 Å². The molecule has 0 rings (SSSR count). The Morgan fingerprint density at radius 2 is 0.769 bits per heavy atom. The normalized spacial score (nSPS) is 17.8. The van der Waals surface area contributed by atoms with E-state index in [9.17, 15) is 29.6 Å². The average Bonchev–Trinajstić information content (AvgIpc) is 2.77. The molecule has 0 radical (unpaired) electrons. The van der Waals surface area contributed by atoms with Crippen molar-refractivity contribution in [3.05, 3.63) is 0 Å². The Morgan fingerprint density at radius 3 is 0.949 bits per heavy atom. The molecule has 6 unspecified atom stereocenters. The van der Waals surface area contributed by atoms with Crippen molar-refractivity contribution in [2.45, 2.75) is 111 Å². The molecule has 12 nitrogen and oxygen atoms in total. The summed E-state index contributed by atoms with van der Waals surface area (Å²) in [6.07, 6.45) is -2.15. The lowest BCUT2D eigenvalue weighted by Gasteiger charge is -2.39. The molecule has 0 aliphatic heterocycles. The second kappa shape index (κ2) is 20.1. The van der Waals surface area contributed by atoms with Gasteiger partial charge in [-0.05, 0) is 74.7 Å². The standard InChI is InChI=1S/C25H56N2O10P2/c1-9-34-38(32,35-10-2)24(26(16-20(5)28)17-21(6)29)14-13-15-25(39(33,36-11-3)37-12-4)27(18-22(7)30)19-23(8)31/h20-25,28-31H,9-19H2,1-8H3. The van der Waals surface area contributed by atoms with E-state index in [1.807, 2.05) is 0 Å². The van der Waals surface area contributed by atoms with Crippen LogP contribution < -0.4 is 0 Å². The molecule has 0 aromatic carbocycles. The zero-order valence-electron chi connectivity index (χ0n) is 25.3. The molecule has 0 heterocycles. The van der Waals surface area contributed by atoms with Gasteiger partial charge in [-0.25, -0.2) is 0 Å². The molecule has 0 spiro atoms. The molecule has 0 aromatic heterocycles. The van der Waals surface area contributed by atoms with Gasteiger partial charge < -0.3 is 38.5 Å². The maximum absolute atomic E-state index is 14.0. The van der Waals surface area contributed by atoms with Crippen molar-refractivity contribution < 1.29 is 47.7 Å². The predicted octanol–water partition coefficient (Wildman–Crippen LogP) is 3.47. The van der Waals surface area contributed by atoms with Crippen molar-refractivity contribution in [1.82, 2.24) is 9.80 Å². The first-order valence-electron chi connectivity index (χ1n) is 14.2. The molecule has 0 aliphatic rings. The first-order chi connectivity index (χ1) is 18.2. The van der Waals surface area contributed by atoms with Gasteiger partial charge in [0.1, 0.15) is 11.6 Å². The van der Waals surface area contributed by atoms with Crippen molar-refractivity contribution in [3.8, 4) is 0 Å². The monoisotopic (exact) mass is 606 g/mol. The molecule has 0 saturated carbocycles. The van der Waals surface area contributed by atoms with Crippen molar-refractivity contribution in [2.24, 2.45) is 0 Å². The first-order valence-corrected chi connectivity index (χ1v) is 17.4. The van der Waals surface area contributed by atoms with Crippen molar-refractivity contribution in [2.75, 3.05) is 52.6 Å². The van der Waals surface area contributed by atoms with E-state index in [1.54, 1.807) is 65.2 Å². The van der Waals surface area contributed by atoms with E-state index in [-0.39, 0.29) is 65.4 Å². The van der Waals surface area contributed by atoms with Gasteiger partial charge in [0.15, 0.2) is 0 Å². The minimum absolute atomic E-state index is 0.135. The third-order valence-corrected chi connectivity index (χ3v) is 10.8. The topological polar surface area (TPSA) is 158 Å². The van der Waals surface area contributed by atoms with Gasteiger partial charge in [0.05, 0.1) is 50.8 Å². The zero-order valence-corrected chi connectivity index (χ0v) is 27.1. The third kappa shape index (κ3) is 14.7. The molecule has 0 saturated heterocycles. The highest BCUT2D eigenvalue weighted by molar-refractivity contribution is 7.54. The van der Waals surface area contributed by atoms with Crippen molar-refractivity contribution in [3.63, 3.8) is 0 Å². The fourth-order valence-electron chi connectivity index (χ4n) is 4.70. The summed E-state index contributed by atoms with van der Waals surface area (Å²) in [6.45, 7) is 14.4. The number of rotatable bonds is 24. The maximum atomic E-state index is 14.0. The summed E-state index contributed by atoms with van der Waals surface area (Å²) >= 11 is 0. The van der Waals surface area contributed by atoms with Gasteiger partial charge in [-0.3, -0.25) is 18.9 Å². The van der Waals surface area contributed by atoms with Crippen LogP contribution >= 0.6 is 15.2 Å². The quantitative estimate of drug-likeness (QED) is 0.119. The summed E-state index contributed by atoms with van der Waals surface area (Å²) in [6, 6.07) is 0. The van der Waals surface area contributed by atoms with Crippen LogP contribution in [0.3, 0.4) is 0 Å². The highest BCUT2D eigenvalue weighted by atomic mass is 31.2. The molecule has 0 amide bonds. The van der Waals surface area contributed by atoms with Crippen molar-refractivity contribution >= 4 is 15.2 Å². The molecule has 0 aromatic rings. The molecule has 14 heteroatoms. The molecule has 4 N–H and O–H groups in total. The molecular formula is C25H56N2O10P2. The number of aliphatic hydroxyl groups is 4. The van der Waals surface area contributed by atoms with Gasteiger partial charge in [0, 0.05) is 26.2 Å². The third-order valence-electron chi connectivity index (χ3n) is 5.73. The fraction of sp³-hybridized carbons (Fsp3) is 1.00. The summed E-state index contributed by atoms with van der Waals surface area (Å²) in [7, 11) is -7.43. The van der Waals surface area contributed by atoms with E-state index in [4.69, 9.17) is 18.1 Å². The fourth-order valence-corrected chi connectivity index (χ4v) is 9.15. The predicted molar refractivity (Wildman–Crippen MR) is 153 cm³/mol.